The lowest BCUT2D eigenvalue weighted by Gasteiger charge is -2.19. The van der Waals surface area contributed by atoms with Gasteiger partial charge in [0.1, 0.15) is 11.4 Å². The number of rotatable bonds is 8. The van der Waals surface area contributed by atoms with Crippen LogP contribution in [0.4, 0.5) is 5.82 Å². The van der Waals surface area contributed by atoms with E-state index in [-0.39, 0.29) is 0 Å². The molecule has 10 heteroatoms. The van der Waals surface area contributed by atoms with Crippen molar-refractivity contribution in [2.45, 2.75) is 19.6 Å². The zero-order valence-corrected chi connectivity index (χ0v) is 20.1. The first-order valence-corrected chi connectivity index (χ1v) is 11.2. The maximum Gasteiger partial charge on any atom is 0.244 e. The summed E-state index contributed by atoms with van der Waals surface area (Å²) in [6.07, 6.45) is 2.47. The first-order valence-electron chi connectivity index (χ1n) is 11.2. The first kappa shape index (κ1) is 25.4. The number of hydrazone groups is 1. The van der Waals surface area contributed by atoms with Gasteiger partial charge in [0.25, 0.3) is 0 Å². The summed E-state index contributed by atoms with van der Waals surface area (Å²) in [4.78, 5) is 18.1. The molecule has 0 aliphatic carbocycles. The highest BCUT2D eigenvalue weighted by Gasteiger charge is 2.32. The molecule has 0 spiro atoms. The van der Waals surface area contributed by atoms with Crippen LogP contribution in [0, 0.1) is 6.92 Å². The fourth-order valence-electron chi connectivity index (χ4n) is 3.24. The molecule has 1 atom stereocenters. The van der Waals surface area contributed by atoms with E-state index in [1.807, 2.05) is 62.5 Å². The standard InChI is InChI=1S/C23H26N6O2.C2H5NO/c1-15-8-10-16(11-9-15)18-14-26-21(25)20(27-18)23-29(2)28-22(31-23)17-6-3-4-7-19(17)30-13-5-12-24;1-3-2-4/h3-4,6-11,14,23H,5,12-13,24H2,1-2H3,(H2,25,26);2H,1H3,(H,3,4). The van der Waals surface area contributed by atoms with E-state index >= 15 is 0 Å². The highest BCUT2D eigenvalue weighted by atomic mass is 16.5. The Kier molecular flexibility index (Phi) is 8.96. The molecule has 3 aromatic rings. The highest BCUT2D eigenvalue weighted by molar-refractivity contribution is 5.97. The van der Waals surface area contributed by atoms with Crippen molar-refractivity contribution >= 4 is 18.1 Å². The number of nitrogens with zero attached hydrogens (tertiary/aromatic N) is 4. The van der Waals surface area contributed by atoms with Crippen LogP contribution < -0.4 is 21.5 Å². The Morgan fingerprint density at radius 1 is 1.20 bits per heavy atom. The Morgan fingerprint density at radius 2 is 1.91 bits per heavy atom. The third kappa shape index (κ3) is 6.45. The summed E-state index contributed by atoms with van der Waals surface area (Å²) in [7, 11) is 3.38. The van der Waals surface area contributed by atoms with Gasteiger partial charge < -0.3 is 26.3 Å². The van der Waals surface area contributed by atoms with Crippen LogP contribution in [-0.4, -0.2) is 54.5 Å². The Morgan fingerprint density at radius 3 is 2.60 bits per heavy atom. The number of aromatic nitrogens is 2. The van der Waals surface area contributed by atoms with Crippen LogP contribution in [0.15, 0.2) is 59.8 Å². The van der Waals surface area contributed by atoms with Gasteiger partial charge >= 0.3 is 0 Å². The zero-order chi connectivity index (χ0) is 25.2. The van der Waals surface area contributed by atoms with Crippen LogP contribution in [0.3, 0.4) is 0 Å². The Balaban J connectivity index is 0.000000795. The molecule has 4 rings (SSSR count). The summed E-state index contributed by atoms with van der Waals surface area (Å²) in [6.45, 7) is 3.14. The number of aryl methyl sites for hydroxylation is 1. The molecule has 0 saturated carbocycles. The minimum Gasteiger partial charge on any atom is -0.493 e. The zero-order valence-electron chi connectivity index (χ0n) is 20.1. The lowest BCUT2D eigenvalue weighted by Crippen LogP contribution is -2.20. The maximum absolute atomic E-state index is 9.06. The Hall–Kier alpha value is -4.18. The molecule has 0 radical (unpaired) electrons. The van der Waals surface area contributed by atoms with Crippen LogP contribution in [0.25, 0.3) is 11.3 Å². The number of nitrogens with two attached hydrogens (primary N) is 2. The lowest BCUT2D eigenvalue weighted by atomic mass is 10.1. The van der Waals surface area contributed by atoms with Crippen molar-refractivity contribution in [1.82, 2.24) is 20.3 Å². The molecule has 0 fully saturated rings. The van der Waals surface area contributed by atoms with E-state index in [1.54, 1.807) is 18.3 Å². The quantitative estimate of drug-likeness (QED) is 0.332. The molecular weight excluding hydrogens is 446 g/mol. The molecular formula is C25H31N7O3. The average molecular weight is 478 g/mol. The van der Waals surface area contributed by atoms with Crippen LogP contribution in [0.5, 0.6) is 5.75 Å². The van der Waals surface area contributed by atoms with E-state index in [0.717, 1.165) is 23.2 Å². The SMILES string of the molecule is CNC=O.Cc1ccc(-c2cnc(N)c(C3OC(c4ccccc4OCCCN)=NN3C)n2)cc1. The minimum atomic E-state index is -0.593. The number of hydrogen-bond donors (Lipinski definition) is 3. The maximum atomic E-state index is 9.06. The van der Waals surface area contributed by atoms with Gasteiger partial charge in [0, 0.05) is 19.7 Å². The Labute approximate surface area is 205 Å². The molecule has 2 aromatic carbocycles. The van der Waals surface area contributed by atoms with Crippen molar-refractivity contribution in [3.05, 3.63) is 71.5 Å². The number of nitrogens with one attached hydrogen (secondary N) is 1. The van der Waals surface area contributed by atoms with E-state index in [2.05, 4.69) is 15.4 Å². The van der Waals surface area contributed by atoms with Crippen molar-refractivity contribution in [1.29, 1.82) is 0 Å². The third-order valence-corrected chi connectivity index (χ3v) is 5.06. The molecule has 1 amide bonds. The smallest absolute Gasteiger partial charge is 0.244 e. The summed E-state index contributed by atoms with van der Waals surface area (Å²) in [6, 6.07) is 15.7. The summed E-state index contributed by atoms with van der Waals surface area (Å²) in [5.74, 6) is 1.44. The topological polar surface area (TPSA) is 141 Å². The number of anilines is 1. The summed E-state index contributed by atoms with van der Waals surface area (Å²) >= 11 is 0. The number of nitrogen functional groups attached to an aromatic ring is 1. The van der Waals surface area contributed by atoms with Gasteiger partial charge in [-0.1, -0.05) is 42.0 Å². The lowest BCUT2D eigenvalue weighted by molar-refractivity contribution is -0.109. The second kappa shape index (κ2) is 12.3. The number of benzene rings is 2. The van der Waals surface area contributed by atoms with Gasteiger partial charge in [-0.15, -0.1) is 5.10 Å². The van der Waals surface area contributed by atoms with Gasteiger partial charge in [-0.05, 0) is 32.0 Å². The predicted molar refractivity (Wildman–Crippen MR) is 135 cm³/mol. The largest absolute Gasteiger partial charge is 0.493 e. The average Bonchev–Trinajstić information content (AvgIpc) is 3.26. The van der Waals surface area contributed by atoms with Crippen molar-refractivity contribution in [3.63, 3.8) is 0 Å². The third-order valence-electron chi connectivity index (χ3n) is 5.06. The molecule has 35 heavy (non-hydrogen) atoms. The normalized spacial score (nSPS) is 14.3. The summed E-state index contributed by atoms with van der Waals surface area (Å²) in [5.41, 5.74) is 15.9. The highest BCUT2D eigenvalue weighted by Crippen LogP contribution is 2.33. The summed E-state index contributed by atoms with van der Waals surface area (Å²) in [5, 5.41) is 8.50. The molecule has 184 valence electrons. The fourth-order valence-corrected chi connectivity index (χ4v) is 3.24. The molecule has 1 aliphatic rings. The molecule has 0 bridgehead atoms. The second-order valence-corrected chi connectivity index (χ2v) is 7.73. The second-order valence-electron chi connectivity index (χ2n) is 7.73. The number of amides is 1. The van der Waals surface area contributed by atoms with Crippen molar-refractivity contribution in [2.24, 2.45) is 10.8 Å². The van der Waals surface area contributed by atoms with Crippen LogP contribution >= 0.6 is 0 Å². The number of carbonyl (C=O) groups excluding carboxylic acids is 1. The van der Waals surface area contributed by atoms with Gasteiger partial charge in [0.2, 0.25) is 18.5 Å². The monoisotopic (exact) mass is 477 g/mol. The molecule has 0 saturated heterocycles. The molecule has 10 nitrogen and oxygen atoms in total. The van der Waals surface area contributed by atoms with E-state index < -0.39 is 6.23 Å². The number of para-hydroxylation sites is 1. The van der Waals surface area contributed by atoms with E-state index in [4.69, 9.17) is 30.7 Å². The van der Waals surface area contributed by atoms with Gasteiger partial charge in [0.15, 0.2) is 5.82 Å². The number of hydrogen-bond acceptors (Lipinski definition) is 9. The number of carbonyl (C=O) groups is 1. The minimum absolute atomic E-state index is 0.302. The van der Waals surface area contributed by atoms with Crippen molar-refractivity contribution in [2.75, 3.05) is 33.0 Å². The molecule has 2 heterocycles. The van der Waals surface area contributed by atoms with Gasteiger partial charge in [0.05, 0.1) is 24.1 Å². The first-order chi connectivity index (χ1) is 17.0. The van der Waals surface area contributed by atoms with E-state index in [0.29, 0.717) is 42.7 Å². The van der Waals surface area contributed by atoms with E-state index in [9.17, 15) is 0 Å². The molecule has 1 aliphatic heterocycles. The predicted octanol–water partition coefficient (Wildman–Crippen LogP) is 2.45. The van der Waals surface area contributed by atoms with Gasteiger partial charge in [-0.25, -0.2) is 9.97 Å². The van der Waals surface area contributed by atoms with Crippen LogP contribution in [0.1, 0.15) is 29.5 Å². The van der Waals surface area contributed by atoms with Crippen LogP contribution in [0.2, 0.25) is 0 Å². The van der Waals surface area contributed by atoms with Gasteiger partial charge in [-0.2, -0.15) is 0 Å². The van der Waals surface area contributed by atoms with Gasteiger partial charge in [-0.3, -0.25) is 9.80 Å². The fraction of sp³-hybridized carbons (Fsp3) is 0.280. The molecule has 5 N–H and O–H groups in total. The molecule has 1 unspecified atom stereocenters. The van der Waals surface area contributed by atoms with Crippen molar-refractivity contribution < 1.29 is 14.3 Å². The molecule has 1 aromatic heterocycles. The summed E-state index contributed by atoms with van der Waals surface area (Å²) < 4.78 is 12.0. The van der Waals surface area contributed by atoms with Crippen LogP contribution in [-0.2, 0) is 9.53 Å². The Bertz CT molecular complexity index is 1150. The van der Waals surface area contributed by atoms with E-state index in [1.165, 1.54) is 5.56 Å². The van der Waals surface area contributed by atoms with Crippen molar-refractivity contribution in [3.8, 4) is 17.0 Å². The number of ether oxygens (including phenoxy) is 2.